The average molecular weight is 478 g/mol. The highest BCUT2D eigenvalue weighted by molar-refractivity contribution is 7.19. The molecule has 4 aromatic rings. The Hall–Kier alpha value is -3.08. The number of carbonyl (C=O) groups is 1. The van der Waals surface area contributed by atoms with Crippen molar-refractivity contribution in [1.29, 1.82) is 0 Å². The predicted octanol–water partition coefficient (Wildman–Crippen LogP) is 2.86. The second-order valence-corrected chi connectivity index (χ2v) is 9.97. The van der Waals surface area contributed by atoms with Gasteiger partial charge in [0, 0.05) is 48.0 Å². The number of aryl methyl sites for hydroxylation is 1. The number of carbonyl (C=O) groups excluding carboxylic acids is 1. The van der Waals surface area contributed by atoms with Crippen LogP contribution in [0.15, 0.2) is 30.7 Å². The molecule has 3 aromatic heterocycles. The Morgan fingerprint density at radius 3 is 3.09 bits per heavy atom. The molecule has 176 valence electrons. The first-order chi connectivity index (χ1) is 16.7. The highest BCUT2D eigenvalue weighted by Crippen LogP contribution is 2.40. The number of morpholine rings is 1. The lowest BCUT2D eigenvalue weighted by Gasteiger charge is -2.27. The van der Waals surface area contributed by atoms with Crippen molar-refractivity contribution in [2.24, 2.45) is 5.92 Å². The lowest BCUT2D eigenvalue weighted by molar-refractivity contribution is -0.125. The van der Waals surface area contributed by atoms with Crippen LogP contribution in [0.1, 0.15) is 16.9 Å². The minimum Gasteiger partial charge on any atom is -0.379 e. The van der Waals surface area contributed by atoms with Gasteiger partial charge in [-0.2, -0.15) is 5.10 Å². The molecule has 1 aliphatic carbocycles. The Morgan fingerprint density at radius 1 is 1.26 bits per heavy atom. The fourth-order valence-electron chi connectivity index (χ4n) is 4.89. The average Bonchev–Trinajstić information content (AvgIpc) is 3.48. The number of fused-ring (bicyclic) bond motifs is 4. The molecule has 2 aliphatic rings. The van der Waals surface area contributed by atoms with Gasteiger partial charge in [-0.1, -0.05) is 0 Å². The first kappa shape index (κ1) is 21.5. The Labute approximate surface area is 200 Å². The van der Waals surface area contributed by atoms with E-state index in [9.17, 15) is 4.79 Å². The van der Waals surface area contributed by atoms with Crippen LogP contribution in [0.2, 0.25) is 0 Å². The standard InChI is InChI=1S/C24H27N7O2S/c32-23(25-5-6-31-7-9-33-10-8-31)15-1-3-18-20(12-15)34-24-21(18)22(26-14-27-24)29-17-2-4-19-16(11-17)13-28-30-19/h2,4,11,13-15H,1,3,5-10,12H2,(H,25,32)(H,28,30)(H,26,27,29). The minimum atomic E-state index is 0.0121. The summed E-state index contributed by atoms with van der Waals surface area (Å²) in [6, 6.07) is 6.09. The smallest absolute Gasteiger partial charge is 0.223 e. The van der Waals surface area contributed by atoms with Crippen molar-refractivity contribution >= 4 is 49.9 Å². The first-order valence-electron chi connectivity index (χ1n) is 11.8. The minimum absolute atomic E-state index is 0.0121. The largest absolute Gasteiger partial charge is 0.379 e. The van der Waals surface area contributed by atoms with Crippen molar-refractivity contribution in [3.63, 3.8) is 0 Å². The third-order valence-corrected chi connectivity index (χ3v) is 7.91. The van der Waals surface area contributed by atoms with Gasteiger partial charge in [-0.3, -0.25) is 14.8 Å². The number of anilines is 2. The second-order valence-electron chi connectivity index (χ2n) is 8.89. The highest BCUT2D eigenvalue weighted by Gasteiger charge is 2.29. The van der Waals surface area contributed by atoms with E-state index in [0.717, 1.165) is 84.7 Å². The van der Waals surface area contributed by atoms with Crippen molar-refractivity contribution in [2.45, 2.75) is 19.3 Å². The van der Waals surface area contributed by atoms with Crippen molar-refractivity contribution in [1.82, 2.24) is 30.4 Å². The number of ether oxygens (including phenoxy) is 1. The number of hydrogen-bond acceptors (Lipinski definition) is 8. The SMILES string of the molecule is O=C(NCCN1CCOCC1)C1CCc2c(sc3ncnc(Nc4ccc5[nH]ncc5c4)c23)C1. The maximum absolute atomic E-state index is 12.9. The van der Waals surface area contributed by atoms with Crippen molar-refractivity contribution < 1.29 is 9.53 Å². The molecule has 1 unspecified atom stereocenters. The van der Waals surface area contributed by atoms with Crippen LogP contribution in [0.3, 0.4) is 0 Å². The van der Waals surface area contributed by atoms with Crippen LogP contribution in [0.25, 0.3) is 21.1 Å². The van der Waals surface area contributed by atoms with E-state index in [-0.39, 0.29) is 11.8 Å². The number of aromatic nitrogens is 4. The Balaban J connectivity index is 1.16. The number of nitrogens with one attached hydrogen (secondary N) is 3. The molecular formula is C24H27N7O2S. The Bertz CT molecular complexity index is 1330. The third-order valence-electron chi connectivity index (χ3n) is 6.75. The quantitative estimate of drug-likeness (QED) is 0.392. The summed E-state index contributed by atoms with van der Waals surface area (Å²) in [5.41, 5.74) is 3.24. The molecule has 1 aromatic carbocycles. The topological polar surface area (TPSA) is 108 Å². The maximum Gasteiger partial charge on any atom is 0.223 e. The highest BCUT2D eigenvalue weighted by atomic mass is 32.1. The van der Waals surface area contributed by atoms with E-state index in [1.165, 1.54) is 10.4 Å². The van der Waals surface area contributed by atoms with Crippen LogP contribution < -0.4 is 10.6 Å². The summed E-state index contributed by atoms with van der Waals surface area (Å²) in [5.74, 6) is 0.992. The van der Waals surface area contributed by atoms with E-state index in [4.69, 9.17) is 4.74 Å². The summed E-state index contributed by atoms with van der Waals surface area (Å²) in [6.45, 7) is 5.02. The summed E-state index contributed by atoms with van der Waals surface area (Å²) < 4.78 is 5.39. The normalized spacial score (nSPS) is 18.8. The molecule has 4 heterocycles. The van der Waals surface area contributed by atoms with Crippen molar-refractivity contribution in [3.8, 4) is 0 Å². The van der Waals surface area contributed by atoms with E-state index in [0.29, 0.717) is 6.54 Å². The van der Waals surface area contributed by atoms with Crippen molar-refractivity contribution in [2.75, 3.05) is 44.7 Å². The van der Waals surface area contributed by atoms with Gasteiger partial charge in [0.25, 0.3) is 0 Å². The van der Waals surface area contributed by atoms with Crippen LogP contribution >= 0.6 is 11.3 Å². The van der Waals surface area contributed by atoms with E-state index in [1.807, 2.05) is 18.3 Å². The molecule has 0 saturated carbocycles. The van der Waals surface area contributed by atoms with Crippen LogP contribution in [0.4, 0.5) is 11.5 Å². The summed E-state index contributed by atoms with van der Waals surface area (Å²) in [7, 11) is 0. The molecule has 9 nitrogen and oxygen atoms in total. The summed E-state index contributed by atoms with van der Waals surface area (Å²) in [6.07, 6.45) is 5.89. The monoisotopic (exact) mass is 477 g/mol. The summed E-state index contributed by atoms with van der Waals surface area (Å²) in [4.78, 5) is 26.5. The fourth-order valence-corrected chi connectivity index (χ4v) is 6.16. The number of aromatic amines is 1. The summed E-state index contributed by atoms with van der Waals surface area (Å²) >= 11 is 1.69. The molecule has 0 spiro atoms. The van der Waals surface area contributed by atoms with Gasteiger partial charge in [-0.05, 0) is 43.0 Å². The Morgan fingerprint density at radius 2 is 2.18 bits per heavy atom. The third kappa shape index (κ3) is 4.24. The van der Waals surface area contributed by atoms with Gasteiger partial charge < -0.3 is 15.4 Å². The zero-order valence-electron chi connectivity index (χ0n) is 18.8. The molecule has 6 rings (SSSR count). The molecule has 34 heavy (non-hydrogen) atoms. The molecule has 0 bridgehead atoms. The molecule has 3 N–H and O–H groups in total. The second kappa shape index (κ2) is 9.28. The number of nitrogens with zero attached hydrogens (tertiary/aromatic N) is 4. The number of thiophene rings is 1. The maximum atomic E-state index is 12.9. The molecule has 10 heteroatoms. The molecule has 1 amide bonds. The van der Waals surface area contributed by atoms with Crippen LogP contribution in [-0.2, 0) is 22.4 Å². The van der Waals surface area contributed by atoms with Crippen LogP contribution in [-0.4, -0.2) is 70.4 Å². The molecule has 1 aliphatic heterocycles. The molecular weight excluding hydrogens is 450 g/mol. The van der Waals surface area contributed by atoms with Gasteiger partial charge in [0.1, 0.15) is 17.0 Å². The molecule has 0 radical (unpaired) electrons. The van der Waals surface area contributed by atoms with Gasteiger partial charge in [-0.15, -0.1) is 11.3 Å². The summed E-state index contributed by atoms with van der Waals surface area (Å²) in [5, 5.41) is 15.8. The van der Waals surface area contributed by atoms with Gasteiger partial charge in [-0.25, -0.2) is 9.97 Å². The lowest BCUT2D eigenvalue weighted by Crippen LogP contribution is -2.43. The van der Waals surface area contributed by atoms with E-state index >= 15 is 0 Å². The number of amides is 1. The van der Waals surface area contributed by atoms with Gasteiger partial charge in [0.05, 0.1) is 30.3 Å². The van der Waals surface area contributed by atoms with Crippen LogP contribution in [0, 0.1) is 5.92 Å². The number of benzene rings is 1. The fraction of sp³-hybridized carbons (Fsp3) is 0.417. The predicted molar refractivity (Wildman–Crippen MR) is 133 cm³/mol. The molecule has 1 saturated heterocycles. The molecule has 1 fully saturated rings. The van der Waals surface area contributed by atoms with E-state index < -0.39 is 0 Å². The first-order valence-corrected chi connectivity index (χ1v) is 12.6. The number of H-pyrrole nitrogens is 1. The van der Waals surface area contributed by atoms with E-state index in [2.05, 4.69) is 41.8 Å². The van der Waals surface area contributed by atoms with Crippen molar-refractivity contribution in [3.05, 3.63) is 41.2 Å². The lowest BCUT2D eigenvalue weighted by atomic mass is 9.87. The van der Waals surface area contributed by atoms with Gasteiger partial charge in [0.2, 0.25) is 5.91 Å². The Kier molecular flexibility index (Phi) is 5.86. The van der Waals surface area contributed by atoms with Crippen LogP contribution in [0.5, 0.6) is 0 Å². The number of rotatable bonds is 6. The number of hydrogen-bond donors (Lipinski definition) is 3. The molecule has 1 atom stereocenters. The zero-order valence-corrected chi connectivity index (χ0v) is 19.7. The van der Waals surface area contributed by atoms with E-state index in [1.54, 1.807) is 17.7 Å². The van der Waals surface area contributed by atoms with Gasteiger partial charge >= 0.3 is 0 Å². The van der Waals surface area contributed by atoms with Gasteiger partial charge in [0.15, 0.2) is 0 Å². The zero-order chi connectivity index (χ0) is 22.9.